The van der Waals surface area contributed by atoms with E-state index in [1.807, 2.05) is 17.5 Å². The van der Waals surface area contributed by atoms with Crippen molar-refractivity contribution < 1.29 is 19.1 Å². The van der Waals surface area contributed by atoms with Crippen LogP contribution < -0.4 is 15.4 Å². The normalized spacial score (nSPS) is 10.3. The molecule has 0 aliphatic carbocycles. The topological polar surface area (TPSA) is 76.7 Å². The van der Waals surface area contributed by atoms with E-state index in [4.69, 9.17) is 9.47 Å². The lowest BCUT2D eigenvalue weighted by molar-refractivity contribution is -0.116. The molecule has 0 saturated carbocycles. The first-order chi connectivity index (χ1) is 12.2. The summed E-state index contributed by atoms with van der Waals surface area (Å²) in [6.07, 6.45) is 0.960. The number of amides is 2. The van der Waals surface area contributed by atoms with Crippen molar-refractivity contribution in [2.75, 3.05) is 32.2 Å². The lowest BCUT2D eigenvalue weighted by Crippen LogP contribution is -2.27. The number of benzene rings is 1. The van der Waals surface area contributed by atoms with Crippen molar-refractivity contribution in [1.82, 2.24) is 5.32 Å². The number of hydrogen-bond acceptors (Lipinski definition) is 5. The van der Waals surface area contributed by atoms with Crippen molar-refractivity contribution in [3.63, 3.8) is 0 Å². The van der Waals surface area contributed by atoms with E-state index in [-0.39, 0.29) is 24.8 Å². The number of ether oxygens (including phenoxy) is 2. The van der Waals surface area contributed by atoms with Gasteiger partial charge in [-0.3, -0.25) is 9.59 Å². The fraction of sp³-hybridized carbons (Fsp3) is 0.333. The van der Waals surface area contributed by atoms with Gasteiger partial charge in [-0.2, -0.15) is 11.3 Å². The largest absolute Gasteiger partial charge is 0.491 e. The van der Waals surface area contributed by atoms with E-state index in [1.54, 1.807) is 30.7 Å². The molecule has 0 unspecified atom stereocenters. The fourth-order valence-corrected chi connectivity index (χ4v) is 2.72. The maximum Gasteiger partial charge on any atom is 0.252 e. The Labute approximate surface area is 151 Å². The molecule has 6 nitrogen and oxygen atoms in total. The van der Waals surface area contributed by atoms with Crippen LogP contribution in [0.3, 0.4) is 0 Å². The number of nitrogens with one attached hydrogen (secondary N) is 2. The summed E-state index contributed by atoms with van der Waals surface area (Å²) in [6, 6.07) is 9.02. The summed E-state index contributed by atoms with van der Waals surface area (Å²) < 4.78 is 10.6. The van der Waals surface area contributed by atoms with Crippen molar-refractivity contribution in [3.8, 4) is 5.75 Å². The first-order valence-electron chi connectivity index (χ1n) is 8.01. The molecule has 25 heavy (non-hydrogen) atoms. The minimum atomic E-state index is -0.182. The molecule has 0 saturated heterocycles. The Morgan fingerprint density at radius 1 is 1.16 bits per heavy atom. The van der Waals surface area contributed by atoms with Crippen molar-refractivity contribution in [3.05, 3.63) is 46.7 Å². The summed E-state index contributed by atoms with van der Waals surface area (Å²) >= 11 is 1.46. The third-order valence-electron chi connectivity index (χ3n) is 3.33. The molecule has 134 valence electrons. The van der Waals surface area contributed by atoms with Crippen molar-refractivity contribution in [2.45, 2.75) is 12.8 Å². The number of carbonyl (C=O) groups excluding carboxylic acids is 2. The molecule has 7 heteroatoms. The Hall–Kier alpha value is -2.38. The maximum absolute atomic E-state index is 12.1. The molecule has 1 heterocycles. The van der Waals surface area contributed by atoms with Gasteiger partial charge in [-0.15, -0.1) is 0 Å². The van der Waals surface area contributed by atoms with E-state index >= 15 is 0 Å². The van der Waals surface area contributed by atoms with Crippen LogP contribution in [0.4, 0.5) is 5.69 Å². The summed E-state index contributed by atoms with van der Waals surface area (Å²) in [4.78, 5) is 23.9. The Morgan fingerprint density at radius 3 is 2.76 bits per heavy atom. The molecule has 2 aromatic rings. The number of hydrogen-bond donors (Lipinski definition) is 2. The van der Waals surface area contributed by atoms with Gasteiger partial charge in [0.1, 0.15) is 5.75 Å². The van der Waals surface area contributed by atoms with Gasteiger partial charge < -0.3 is 20.1 Å². The zero-order chi connectivity index (χ0) is 17.9. The van der Waals surface area contributed by atoms with E-state index in [1.165, 1.54) is 11.3 Å². The zero-order valence-corrected chi connectivity index (χ0v) is 14.9. The van der Waals surface area contributed by atoms with Crippen LogP contribution >= 0.6 is 11.3 Å². The molecule has 2 rings (SSSR count). The minimum Gasteiger partial charge on any atom is -0.491 e. The Morgan fingerprint density at radius 2 is 2.00 bits per heavy atom. The number of para-hydroxylation sites is 2. The maximum atomic E-state index is 12.1. The smallest absolute Gasteiger partial charge is 0.252 e. The first-order valence-corrected chi connectivity index (χ1v) is 8.96. The number of rotatable bonds is 10. The highest BCUT2D eigenvalue weighted by Crippen LogP contribution is 2.23. The summed E-state index contributed by atoms with van der Waals surface area (Å²) in [5.74, 6) is 0.267. The van der Waals surface area contributed by atoms with Crippen LogP contribution in [0.25, 0.3) is 0 Å². The third kappa shape index (κ3) is 6.56. The molecule has 1 aromatic heterocycles. The van der Waals surface area contributed by atoms with Gasteiger partial charge in [0.15, 0.2) is 0 Å². The minimum absolute atomic E-state index is 0.170. The van der Waals surface area contributed by atoms with Crippen LogP contribution in [0.5, 0.6) is 5.75 Å². The molecule has 0 spiro atoms. The van der Waals surface area contributed by atoms with Gasteiger partial charge in [0.05, 0.1) is 12.3 Å². The second-order valence-electron chi connectivity index (χ2n) is 5.26. The number of carbonyl (C=O) groups is 2. The second kappa shape index (κ2) is 10.5. The summed E-state index contributed by atoms with van der Waals surface area (Å²) in [5.41, 5.74) is 1.23. The van der Waals surface area contributed by atoms with E-state index in [0.29, 0.717) is 30.2 Å². The van der Waals surface area contributed by atoms with Gasteiger partial charge in [0, 0.05) is 44.0 Å². The lowest BCUT2D eigenvalue weighted by Gasteiger charge is -2.12. The van der Waals surface area contributed by atoms with Gasteiger partial charge in [-0.25, -0.2) is 0 Å². The Kier molecular flexibility index (Phi) is 7.94. The van der Waals surface area contributed by atoms with Gasteiger partial charge >= 0.3 is 0 Å². The molecule has 2 N–H and O–H groups in total. The van der Waals surface area contributed by atoms with Gasteiger partial charge in [0.2, 0.25) is 5.91 Å². The van der Waals surface area contributed by atoms with Crippen LogP contribution in [0.2, 0.25) is 0 Å². The van der Waals surface area contributed by atoms with Crippen LogP contribution in [-0.4, -0.2) is 38.7 Å². The van der Waals surface area contributed by atoms with Crippen molar-refractivity contribution >= 4 is 28.8 Å². The highest BCUT2D eigenvalue weighted by atomic mass is 32.1. The third-order valence-corrected chi connectivity index (χ3v) is 4.02. The van der Waals surface area contributed by atoms with Gasteiger partial charge in [-0.1, -0.05) is 12.1 Å². The molecule has 0 aliphatic rings. The van der Waals surface area contributed by atoms with Crippen molar-refractivity contribution in [2.24, 2.45) is 0 Å². The number of thiophene rings is 1. The van der Waals surface area contributed by atoms with Crippen LogP contribution in [0.1, 0.15) is 23.2 Å². The highest BCUT2D eigenvalue weighted by Gasteiger charge is 2.09. The first kappa shape index (κ1) is 19.0. The van der Waals surface area contributed by atoms with E-state index < -0.39 is 0 Å². The Balaban J connectivity index is 1.77. The van der Waals surface area contributed by atoms with Crippen LogP contribution in [0, 0.1) is 0 Å². The molecule has 0 radical (unpaired) electrons. The van der Waals surface area contributed by atoms with Crippen LogP contribution in [-0.2, 0) is 9.53 Å². The molecular formula is C18H22N2O4S. The van der Waals surface area contributed by atoms with Crippen molar-refractivity contribution in [1.29, 1.82) is 0 Å². The molecule has 0 bridgehead atoms. The standard InChI is InChI=1S/C18H22N2O4S/c1-23-10-4-11-24-16-6-3-2-5-15(16)20-17(21)7-9-19-18(22)14-8-12-25-13-14/h2-3,5-6,8,12-13H,4,7,9-11H2,1H3,(H,19,22)(H,20,21). The average Bonchev–Trinajstić information content (AvgIpc) is 3.15. The van der Waals surface area contributed by atoms with Gasteiger partial charge in [-0.05, 0) is 23.6 Å². The lowest BCUT2D eigenvalue weighted by atomic mass is 10.2. The zero-order valence-electron chi connectivity index (χ0n) is 14.1. The fourth-order valence-electron chi connectivity index (χ4n) is 2.08. The molecule has 0 fully saturated rings. The number of methoxy groups -OCH3 is 1. The second-order valence-corrected chi connectivity index (χ2v) is 6.04. The van der Waals surface area contributed by atoms with Gasteiger partial charge in [0.25, 0.3) is 5.91 Å². The SMILES string of the molecule is COCCCOc1ccccc1NC(=O)CCNC(=O)c1ccsc1. The molecule has 0 atom stereocenters. The summed E-state index contributed by atoms with van der Waals surface area (Å²) in [6.45, 7) is 1.41. The predicted octanol–water partition coefficient (Wildman–Crippen LogP) is 2.92. The predicted molar refractivity (Wildman–Crippen MR) is 98.3 cm³/mol. The molecular weight excluding hydrogens is 340 g/mol. The Bertz CT molecular complexity index is 673. The highest BCUT2D eigenvalue weighted by molar-refractivity contribution is 7.08. The van der Waals surface area contributed by atoms with E-state index in [0.717, 1.165) is 6.42 Å². The average molecular weight is 362 g/mol. The van der Waals surface area contributed by atoms with E-state index in [9.17, 15) is 9.59 Å². The number of anilines is 1. The van der Waals surface area contributed by atoms with Crippen LogP contribution in [0.15, 0.2) is 41.1 Å². The molecule has 2 amide bonds. The summed E-state index contributed by atoms with van der Waals surface area (Å²) in [7, 11) is 1.64. The molecule has 1 aromatic carbocycles. The van der Waals surface area contributed by atoms with E-state index in [2.05, 4.69) is 10.6 Å². The summed E-state index contributed by atoms with van der Waals surface area (Å²) in [5, 5.41) is 9.15. The monoisotopic (exact) mass is 362 g/mol. The molecule has 0 aliphatic heterocycles. The quantitative estimate of drug-likeness (QED) is 0.637.